The van der Waals surface area contributed by atoms with Crippen molar-refractivity contribution in [3.8, 4) is 0 Å². The first kappa shape index (κ1) is 20.5. The van der Waals surface area contributed by atoms with Crippen LogP contribution >= 0.6 is 23.5 Å². The van der Waals surface area contributed by atoms with E-state index in [1.165, 1.54) is 17.8 Å². The Balaban J connectivity index is 1.71. The molecule has 3 rings (SSSR count). The highest BCUT2D eigenvalue weighted by Crippen LogP contribution is 2.25. The zero-order valence-corrected chi connectivity index (χ0v) is 17.7. The smallest absolute Gasteiger partial charge is 0.251 e. The van der Waals surface area contributed by atoms with Crippen molar-refractivity contribution in [2.45, 2.75) is 42.2 Å². The highest BCUT2D eigenvalue weighted by Gasteiger charge is 2.17. The van der Waals surface area contributed by atoms with Gasteiger partial charge < -0.3 is 10.3 Å². The van der Waals surface area contributed by atoms with Crippen LogP contribution in [0.25, 0.3) is 10.8 Å². The van der Waals surface area contributed by atoms with Crippen LogP contribution in [0.5, 0.6) is 0 Å². The van der Waals surface area contributed by atoms with Gasteiger partial charge in [-0.05, 0) is 23.6 Å². The lowest BCUT2D eigenvalue weighted by Gasteiger charge is -2.13. The maximum absolute atomic E-state index is 12.7. The van der Waals surface area contributed by atoms with Gasteiger partial charge in [0.1, 0.15) is 0 Å². The van der Waals surface area contributed by atoms with Crippen LogP contribution in [0, 0.1) is 0 Å². The van der Waals surface area contributed by atoms with Crippen LogP contribution in [0.15, 0.2) is 58.5 Å². The molecule has 1 amide bonds. The lowest BCUT2D eigenvalue weighted by atomic mass is 10.1. The molecular weight excluding hydrogens is 390 g/mol. The SMILES string of the molecule is CC(C)SCc1cc(=O)[nH]c(SC(C)C(=O)Nc2cccc3ccccc23)n1. The zero-order chi connectivity index (χ0) is 20.1. The van der Waals surface area contributed by atoms with E-state index in [1.54, 1.807) is 18.7 Å². The number of aromatic amines is 1. The van der Waals surface area contributed by atoms with Crippen molar-refractivity contribution in [2.75, 3.05) is 5.32 Å². The van der Waals surface area contributed by atoms with E-state index in [4.69, 9.17) is 0 Å². The summed E-state index contributed by atoms with van der Waals surface area (Å²) in [6, 6.07) is 15.3. The number of hydrogen-bond acceptors (Lipinski definition) is 5. The number of amides is 1. The Morgan fingerprint density at radius 2 is 1.89 bits per heavy atom. The molecule has 2 N–H and O–H groups in total. The summed E-state index contributed by atoms with van der Waals surface area (Å²) in [5.74, 6) is 0.539. The predicted molar refractivity (Wildman–Crippen MR) is 119 cm³/mol. The Morgan fingerprint density at radius 3 is 2.68 bits per heavy atom. The van der Waals surface area contributed by atoms with Crippen LogP contribution in [0.1, 0.15) is 26.5 Å². The molecule has 0 saturated carbocycles. The van der Waals surface area contributed by atoms with Gasteiger partial charge in [0, 0.05) is 22.9 Å². The van der Waals surface area contributed by atoms with Crippen LogP contribution in [-0.4, -0.2) is 26.4 Å². The Hall–Kier alpha value is -2.25. The number of rotatable bonds is 7. The molecule has 5 nitrogen and oxygen atoms in total. The van der Waals surface area contributed by atoms with E-state index in [2.05, 4.69) is 29.1 Å². The van der Waals surface area contributed by atoms with Gasteiger partial charge in [0.2, 0.25) is 5.91 Å². The average molecular weight is 414 g/mol. The molecule has 1 unspecified atom stereocenters. The lowest BCUT2D eigenvalue weighted by Crippen LogP contribution is -2.23. The third kappa shape index (κ3) is 5.39. The Labute approximate surface area is 172 Å². The molecule has 0 bridgehead atoms. The summed E-state index contributed by atoms with van der Waals surface area (Å²) in [5, 5.41) is 5.58. The summed E-state index contributed by atoms with van der Waals surface area (Å²) >= 11 is 2.98. The standard InChI is InChI=1S/C21H23N3O2S2/c1-13(2)27-12-16-11-19(25)24-21(22-16)28-14(3)20(26)23-18-10-6-8-15-7-4-5-9-17(15)18/h4-11,13-14H,12H2,1-3H3,(H,23,26)(H,22,24,25). The quantitative estimate of drug-likeness (QED) is 0.434. The lowest BCUT2D eigenvalue weighted by molar-refractivity contribution is -0.115. The number of thioether (sulfide) groups is 2. The van der Waals surface area contributed by atoms with Gasteiger partial charge >= 0.3 is 0 Å². The first-order valence-corrected chi connectivity index (χ1v) is 11.0. The van der Waals surface area contributed by atoms with E-state index in [9.17, 15) is 9.59 Å². The Bertz CT molecular complexity index is 1030. The van der Waals surface area contributed by atoms with Crippen molar-refractivity contribution in [3.63, 3.8) is 0 Å². The maximum atomic E-state index is 12.7. The number of fused-ring (bicyclic) bond motifs is 1. The second-order valence-corrected chi connectivity index (χ2v) is 9.57. The fraction of sp³-hybridized carbons (Fsp3) is 0.286. The molecule has 1 heterocycles. The van der Waals surface area contributed by atoms with Crippen molar-refractivity contribution in [1.29, 1.82) is 0 Å². The number of aromatic nitrogens is 2. The fourth-order valence-corrected chi connectivity index (χ4v) is 4.14. The molecule has 1 aromatic heterocycles. The van der Waals surface area contributed by atoms with Gasteiger partial charge in [-0.1, -0.05) is 62.0 Å². The summed E-state index contributed by atoms with van der Waals surface area (Å²) < 4.78 is 0. The van der Waals surface area contributed by atoms with Gasteiger partial charge in [-0.3, -0.25) is 9.59 Å². The number of nitrogens with one attached hydrogen (secondary N) is 2. The van der Waals surface area contributed by atoms with E-state index in [0.717, 1.165) is 22.2 Å². The molecule has 0 fully saturated rings. The average Bonchev–Trinajstić information content (AvgIpc) is 2.66. The van der Waals surface area contributed by atoms with E-state index in [-0.39, 0.29) is 11.5 Å². The van der Waals surface area contributed by atoms with E-state index < -0.39 is 5.25 Å². The maximum Gasteiger partial charge on any atom is 0.251 e. The van der Waals surface area contributed by atoms with Gasteiger partial charge in [0.15, 0.2) is 5.16 Å². The summed E-state index contributed by atoms with van der Waals surface area (Å²) in [4.78, 5) is 31.8. The largest absolute Gasteiger partial charge is 0.325 e. The molecule has 28 heavy (non-hydrogen) atoms. The number of carbonyl (C=O) groups is 1. The van der Waals surface area contributed by atoms with Crippen LogP contribution in [0.2, 0.25) is 0 Å². The van der Waals surface area contributed by atoms with Crippen molar-refractivity contribution >= 4 is 45.9 Å². The summed E-state index contributed by atoms with van der Waals surface area (Å²) in [7, 11) is 0. The molecule has 0 radical (unpaired) electrons. The van der Waals surface area contributed by atoms with Crippen LogP contribution < -0.4 is 10.9 Å². The van der Waals surface area contributed by atoms with Gasteiger partial charge in [0.25, 0.3) is 5.56 Å². The topological polar surface area (TPSA) is 74.8 Å². The highest BCUT2D eigenvalue weighted by molar-refractivity contribution is 8.00. The molecule has 0 spiro atoms. The minimum Gasteiger partial charge on any atom is -0.325 e. The molecule has 0 aliphatic rings. The van der Waals surface area contributed by atoms with E-state index in [1.807, 2.05) is 42.5 Å². The summed E-state index contributed by atoms with van der Waals surface area (Å²) in [6.07, 6.45) is 0. The van der Waals surface area contributed by atoms with Crippen LogP contribution in [0.3, 0.4) is 0 Å². The van der Waals surface area contributed by atoms with Gasteiger partial charge in [-0.25, -0.2) is 4.98 Å². The Morgan fingerprint density at radius 1 is 1.14 bits per heavy atom. The molecule has 3 aromatic rings. The molecule has 0 aliphatic carbocycles. The van der Waals surface area contributed by atoms with Crippen molar-refractivity contribution < 1.29 is 4.79 Å². The monoisotopic (exact) mass is 413 g/mol. The highest BCUT2D eigenvalue weighted by atomic mass is 32.2. The van der Waals surface area contributed by atoms with Crippen molar-refractivity contribution in [2.24, 2.45) is 0 Å². The first-order chi connectivity index (χ1) is 13.4. The number of nitrogens with zero attached hydrogens (tertiary/aromatic N) is 1. The zero-order valence-electron chi connectivity index (χ0n) is 16.1. The minimum absolute atomic E-state index is 0.133. The number of hydrogen-bond donors (Lipinski definition) is 2. The second kappa shape index (κ2) is 9.30. The van der Waals surface area contributed by atoms with E-state index in [0.29, 0.717) is 16.2 Å². The number of carbonyl (C=O) groups excluding carboxylic acids is 1. The fourth-order valence-electron chi connectivity index (χ4n) is 2.65. The van der Waals surface area contributed by atoms with Crippen LogP contribution in [0.4, 0.5) is 5.69 Å². The van der Waals surface area contributed by atoms with Crippen molar-refractivity contribution in [3.05, 3.63) is 64.6 Å². The first-order valence-electron chi connectivity index (χ1n) is 9.09. The van der Waals surface area contributed by atoms with Gasteiger partial charge in [0.05, 0.1) is 10.9 Å². The van der Waals surface area contributed by atoms with Gasteiger partial charge in [-0.2, -0.15) is 11.8 Å². The van der Waals surface area contributed by atoms with E-state index >= 15 is 0 Å². The minimum atomic E-state index is -0.407. The van der Waals surface area contributed by atoms with Crippen molar-refractivity contribution in [1.82, 2.24) is 9.97 Å². The second-order valence-electron chi connectivity index (χ2n) is 6.68. The molecule has 7 heteroatoms. The molecule has 1 atom stereocenters. The third-order valence-electron chi connectivity index (χ3n) is 4.04. The number of H-pyrrole nitrogens is 1. The Kier molecular flexibility index (Phi) is 6.80. The third-order valence-corrected chi connectivity index (χ3v) is 6.16. The van der Waals surface area contributed by atoms with Gasteiger partial charge in [-0.15, -0.1) is 0 Å². The summed E-state index contributed by atoms with van der Waals surface area (Å²) in [5.41, 5.74) is 1.31. The molecule has 146 valence electrons. The number of benzene rings is 2. The number of anilines is 1. The molecule has 2 aromatic carbocycles. The summed E-state index contributed by atoms with van der Waals surface area (Å²) in [6.45, 7) is 6.01. The molecular formula is C21H23N3O2S2. The molecule has 0 aliphatic heterocycles. The van der Waals surface area contributed by atoms with Crippen LogP contribution in [-0.2, 0) is 10.5 Å². The predicted octanol–water partition coefficient (Wildman–Crippen LogP) is 4.68. The normalized spacial score (nSPS) is 12.3. The molecule has 0 saturated heterocycles.